The first-order valence-corrected chi connectivity index (χ1v) is 19.7. The second-order valence-corrected chi connectivity index (χ2v) is 15.9. The van der Waals surface area contributed by atoms with Crippen LogP contribution < -0.4 is 14.5 Å². The number of para-hydroxylation sites is 4. The summed E-state index contributed by atoms with van der Waals surface area (Å²) in [4.78, 5) is 8.47. The van der Waals surface area contributed by atoms with Crippen molar-refractivity contribution in [3.05, 3.63) is 200 Å². The van der Waals surface area contributed by atoms with Gasteiger partial charge in [-0.3, -0.25) is 0 Å². The van der Waals surface area contributed by atoms with Crippen LogP contribution in [0.1, 0.15) is 65.3 Å². The Kier molecular flexibility index (Phi) is 7.91. The summed E-state index contributed by atoms with van der Waals surface area (Å²) in [6.45, 7) is 11.8. The van der Waals surface area contributed by atoms with E-state index in [2.05, 4.69) is 55.7 Å². The molecule has 0 atom stereocenters. The number of nitrogens with zero attached hydrogens (tertiary/aromatic N) is 4. The Morgan fingerprint density at radius 2 is 1.39 bits per heavy atom. The fraction of sp³-hybridized carbons (Fsp3) is 0.127. The maximum absolute atomic E-state index is 9.23. The molecular weight excluding hydrogens is 928 g/mol. The van der Waals surface area contributed by atoms with Crippen LogP contribution in [0.15, 0.2) is 170 Å². The van der Waals surface area contributed by atoms with Crippen molar-refractivity contribution < 1.29 is 39.5 Å². The SMILES string of the molecule is [2H]c1cc(-c2cccc(-c3c([2H])c([2H])c([2H])c([2H])c3[2H])c2N2[CH-]N(c3[c-]c(Oc4[c-]c5c(cc4)c4ccccc4n5-c4cc(C(C)(C)C)ccn4)cc(C([2H])(C)C)c3)c3ccccc32)c([2H])c([2H])c1[2H].[Pt]. The first-order chi connectivity index (χ1) is 33.2. The van der Waals surface area contributed by atoms with E-state index in [-0.39, 0.29) is 55.3 Å². The topological polar surface area (TPSA) is 33.5 Å². The molecule has 0 unspecified atom stereocenters. The van der Waals surface area contributed by atoms with Gasteiger partial charge in [-0.05, 0) is 63.7 Å². The Hall–Kier alpha value is -6.42. The summed E-state index contributed by atoms with van der Waals surface area (Å²) in [7, 11) is 0. The van der Waals surface area contributed by atoms with Gasteiger partial charge in [0.1, 0.15) is 5.82 Å². The molecule has 0 fully saturated rings. The number of hydrogen-bond donors (Lipinski definition) is 0. The molecule has 0 aliphatic carbocycles. The van der Waals surface area contributed by atoms with Crippen molar-refractivity contribution in [3.63, 3.8) is 0 Å². The minimum atomic E-state index is -1.11. The minimum absolute atomic E-state index is 0. The molecule has 7 aromatic carbocycles. The molecular formula is C55H45N4OPt-3. The predicted molar refractivity (Wildman–Crippen MR) is 248 cm³/mol. The van der Waals surface area contributed by atoms with Crippen LogP contribution in [0.2, 0.25) is 0 Å². The number of fused-ring (bicyclic) bond motifs is 4. The largest absolute Gasteiger partial charge is 0.509 e. The van der Waals surface area contributed by atoms with Crippen LogP contribution in [0.3, 0.4) is 0 Å². The molecule has 0 bridgehead atoms. The third-order valence-corrected chi connectivity index (χ3v) is 10.8. The summed E-state index contributed by atoms with van der Waals surface area (Å²) in [5.41, 5.74) is 6.02. The number of rotatable bonds is 8. The van der Waals surface area contributed by atoms with Crippen LogP contribution in [0.5, 0.6) is 11.5 Å². The maximum Gasteiger partial charge on any atom is 0.135 e. The molecule has 0 saturated heterocycles. The number of aromatic nitrogens is 2. The molecule has 9 aromatic rings. The van der Waals surface area contributed by atoms with E-state index in [1.54, 1.807) is 49.7 Å². The van der Waals surface area contributed by atoms with Gasteiger partial charge in [-0.1, -0.05) is 149 Å². The van der Waals surface area contributed by atoms with Gasteiger partial charge >= 0.3 is 0 Å². The standard InChI is InChI=1S/C55H45N4O.Pt/c1-37(2)40-31-42(34-44(32-40)60-43-27-28-48-47-21-12-13-24-49(47)59(52(48)35-43)53-33-41(29-30-56-53)55(3,4)5)57-36-58(51-26-15-14-25-50(51)57)54-45(38-17-8-6-9-18-38)22-16-23-46(54)39-19-10-7-11-20-39;/h6-33,36-37H,1-5H3;/q-3;/i6D,7D,8D,9D,10D,11D,17D,18D,19D,37D;. The van der Waals surface area contributed by atoms with Crippen molar-refractivity contribution in [2.24, 2.45) is 0 Å². The average molecular weight is 983 g/mol. The van der Waals surface area contributed by atoms with Crippen molar-refractivity contribution in [1.29, 1.82) is 0 Å². The fourth-order valence-corrected chi connectivity index (χ4v) is 7.81. The van der Waals surface area contributed by atoms with Gasteiger partial charge in [-0.15, -0.1) is 53.6 Å². The van der Waals surface area contributed by atoms with E-state index >= 15 is 0 Å². The van der Waals surface area contributed by atoms with E-state index in [4.69, 9.17) is 22.1 Å². The van der Waals surface area contributed by atoms with Crippen LogP contribution >= 0.6 is 0 Å². The summed E-state index contributed by atoms with van der Waals surface area (Å²) in [6, 6.07) is 36.6. The predicted octanol–water partition coefficient (Wildman–Crippen LogP) is 14.7. The van der Waals surface area contributed by atoms with Crippen molar-refractivity contribution in [1.82, 2.24) is 9.55 Å². The van der Waals surface area contributed by atoms with Crippen LogP contribution in [-0.4, -0.2) is 9.55 Å². The van der Waals surface area contributed by atoms with Gasteiger partial charge in [-0.25, -0.2) is 4.98 Å². The molecule has 0 N–H and O–H groups in total. The summed E-state index contributed by atoms with van der Waals surface area (Å²) in [5, 5.41) is 2.00. The summed E-state index contributed by atoms with van der Waals surface area (Å²) < 4.78 is 96.2. The molecule has 3 heterocycles. The van der Waals surface area contributed by atoms with E-state index in [9.17, 15) is 1.37 Å². The third kappa shape index (κ3) is 7.42. The second-order valence-electron chi connectivity index (χ2n) is 15.9. The molecule has 1 aliphatic rings. The zero-order valence-electron chi connectivity index (χ0n) is 44.1. The fourth-order valence-electron chi connectivity index (χ4n) is 7.81. The number of pyridine rings is 1. The molecule has 5 nitrogen and oxygen atoms in total. The monoisotopic (exact) mass is 982 g/mol. The first-order valence-electron chi connectivity index (χ1n) is 24.7. The average Bonchev–Trinajstić information content (AvgIpc) is 3.88. The van der Waals surface area contributed by atoms with Crippen molar-refractivity contribution in [3.8, 4) is 39.6 Å². The Morgan fingerprint density at radius 3 is 2.16 bits per heavy atom. The Labute approximate surface area is 387 Å². The molecule has 0 spiro atoms. The van der Waals surface area contributed by atoms with Gasteiger partial charge in [-0.2, -0.15) is 6.07 Å². The zero-order chi connectivity index (χ0) is 49.7. The minimum Gasteiger partial charge on any atom is -0.509 e. The van der Waals surface area contributed by atoms with Crippen LogP contribution in [0, 0.1) is 18.8 Å². The van der Waals surface area contributed by atoms with Crippen LogP contribution in [0.25, 0.3) is 49.9 Å². The smallest absolute Gasteiger partial charge is 0.135 e. The Morgan fingerprint density at radius 1 is 0.689 bits per heavy atom. The molecule has 61 heavy (non-hydrogen) atoms. The first kappa shape index (κ1) is 29.7. The van der Waals surface area contributed by atoms with Crippen LogP contribution in [0.4, 0.5) is 22.7 Å². The summed E-state index contributed by atoms with van der Waals surface area (Å²) in [5.74, 6) is 0.351. The molecule has 10 rings (SSSR count). The quantitative estimate of drug-likeness (QED) is 0.142. The molecule has 2 aromatic heterocycles. The summed E-state index contributed by atoms with van der Waals surface area (Å²) in [6.07, 6.45) is 1.83. The van der Waals surface area contributed by atoms with Gasteiger partial charge in [0, 0.05) is 73.8 Å². The van der Waals surface area contributed by atoms with Gasteiger partial charge in [0.05, 0.1) is 12.3 Å². The van der Waals surface area contributed by atoms with Gasteiger partial charge in [0.25, 0.3) is 0 Å². The number of benzene rings is 7. The molecule has 0 amide bonds. The third-order valence-electron chi connectivity index (χ3n) is 10.8. The van der Waals surface area contributed by atoms with E-state index < -0.39 is 48.2 Å². The Balaban J connectivity index is 0.00000624. The van der Waals surface area contributed by atoms with E-state index in [0.717, 1.165) is 33.2 Å². The Bertz CT molecular complexity index is 3590. The second kappa shape index (κ2) is 16.2. The maximum atomic E-state index is 9.23. The number of ether oxygens (including phenoxy) is 1. The molecule has 1 aliphatic heterocycles. The van der Waals surface area contributed by atoms with E-state index in [1.165, 1.54) is 6.07 Å². The van der Waals surface area contributed by atoms with Crippen molar-refractivity contribution in [2.75, 3.05) is 9.80 Å². The van der Waals surface area contributed by atoms with Gasteiger partial charge < -0.3 is 19.1 Å². The number of hydrogen-bond acceptors (Lipinski definition) is 4. The van der Waals surface area contributed by atoms with E-state index in [0.29, 0.717) is 45.4 Å². The molecule has 304 valence electrons. The summed E-state index contributed by atoms with van der Waals surface area (Å²) >= 11 is 0. The van der Waals surface area contributed by atoms with Gasteiger partial charge in [0.2, 0.25) is 0 Å². The number of anilines is 4. The van der Waals surface area contributed by atoms with Crippen molar-refractivity contribution >= 4 is 44.6 Å². The zero-order valence-corrected chi connectivity index (χ0v) is 36.3. The molecule has 0 radical (unpaired) electrons. The van der Waals surface area contributed by atoms with Crippen LogP contribution in [-0.2, 0) is 26.5 Å². The van der Waals surface area contributed by atoms with Crippen molar-refractivity contribution in [2.45, 2.75) is 45.9 Å². The van der Waals surface area contributed by atoms with Gasteiger partial charge in [0.15, 0.2) is 0 Å². The van der Waals surface area contributed by atoms with E-state index in [1.807, 2.05) is 71.8 Å². The molecule has 0 saturated carbocycles. The molecule has 6 heteroatoms. The normalized spacial score (nSPS) is 15.0.